The summed E-state index contributed by atoms with van der Waals surface area (Å²) in [4.78, 5) is 35.8. The van der Waals surface area contributed by atoms with Crippen LogP contribution in [-0.2, 0) is 9.59 Å². The number of carbonyl (C=O) groups excluding carboxylic acids is 2. The molecule has 20 heavy (non-hydrogen) atoms. The molecule has 2 atom stereocenters. The number of urea groups is 1. The second-order valence-corrected chi connectivity index (χ2v) is 5.65. The number of carboxylic acids is 1. The molecule has 0 aliphatic carbocycles. The molecule has 7 heteroatoms. The maximum absolute atomic E-state index is 11.8. The Morgan fingerprint density at radius 2 is 2.10 bits per heavy atom. The Bertz CT molecular complexity index is 384. The van der Waals surface area contributed by atoms with Crippen molar-refractivity contribution in [1.82, 2.24) is 15.5 Å². The SMILES string of the molecule is CC(C)C[C@@H](NC(=O)NC1CCC(=O)N(C)C1)C(=O)O. The number of aliphatic carboxylic acids is 1. The zero-order valence-corrected chi connectivity index (χ0v) is 12.2. The molecule has 1 saturated heterocycles. The first kappa shape index (κ1) is 16.3. The van der Waals surface area contributed by atoms with Crippen molar-refractivity contribution in [1.29, 1.82) is 0 Å². The summed E-state index contributed by atoms with van der Waals surface area (Å²) in [5.41, 5.74) is 0. The number of piperidine rings is 1. The topological polar surface area (TPSA) is 98.7 Å². The van der Waals surface area contributed by atoms with Crippen LogP contribution in [0.15, 0.2) is 0 Å². The van der Waals surface area contributed by atoms with Gasteiger partial charge in [-0.15, -0.1) is 0 Å². The molecule has 1 aliphatic heterocycles. The van der Waals surface area contributed by atoms with Crippen LogP contribution < -0.4 is 10.6 Å². The number of likely N-dealkylation sites (tertiary alicyclic amines) is 1. The highest BCUT2D eigenvalue weighted by molar-refractivity contribution is 5.83. The van der Waals surface area contributed by atoms with Crippen molar-refractivity contribution in [3.05, 3.63) is 0 Å². The molecule has 0 saturated carbocycles. The molecule has 1 unspecified atom stereocenters. The third-order valence-corrected chi connectivity index (χ3v) is 3.27. The predicted octanol–water partition coefficient (Wildman–Crippen LogP) is 0.406. The molecule has 1 fully saturated rings. The van der Waals surface area contributed by atoms with Gasteiger partial charge in [-0.25, -0.2) is 9.59 Å². The largest absolute Gasteiger partial charge is 0.480 e. The fraction of sp³-hybridized carbons (Fsp3) is 0.769. The number of amides is 3. The summed E-state index contributed by atoms with van der Waals surface area (Å²) in [6.45, 7) is 4.25. The van der Waals surface area contributed by atoms with Crippen LogP contribution in [-0.4, -0.2) is 53.6 Å². The minimum atomic E-state index is -1.04. The van der Waals surface area contributed by atoms with Gasteiger partial charge in [-0.3, -0.25) is 4.79 Å². The highest BCUT2D eigenvalue weighted by atomic mass is 16.4. The summed E-state index contributed by atoms with van der Waals surface area (Å²) < 4.78 is 0. The molecular weight excluding hydrogens is 262 g/mol. The molecule has 0 aromatic heterocycles. The lowest BCUT2D eigenvalue weighted by atomic mass is 10.0. The van der Waals surface area contributed by atoms with Gasteiger partial charge in [0.2, 0.25) is 5.91 Å². The molecule has 7 nitrogen and oxygen atoms in total. The van der Waals surface area contributed by atoms with Crippen molar-refractivity contribution < 1.29 is 19.5 Å². The van der Waals surface area contributed by atoms with E-state index < -0.39 is 18.0 Å². The number of rotatable bonds is 5. The summed E-state index contributed by atoms with van der Waals surface area (Å²) in [7, 11) is 1.69. The van der Waals surface area contributed by atoms with Gasteiger partial charge < -0.3 is 20.6 Å². The monoisotopic (exact) mass is 285 g/mol. The lowest BCUT2D eigenvalue weighted by Crippen LogP contribution is -2.54. The molecule has 1 heterocycles. The van der Waals surface area contributed by atoms with Crippen LogP contribution in [0.1, 0.15) is 33.1 Å². The second-order valence-electron chi connectivity index (χ2n) is 5.65. The van der Waals surface area contributed by atoms with Crippen LogP contribution in [0, 0.1) is 5.92 Å². The Kier molecular flexibility index (Phi) is 5.79. The molecule has 0 aromatic carbocycles. The zero-order chi connectivity index (χ0) is 15.3. The molecule has 1 aliphatic rings. The number of nitrogens with one attached hydrogen (secondary N) is 2. The average Bonchev–Trinajstić information content (AvgIpc) is 2.32. The zero-order valence-electron chi connectivity index (χ0n) is 12.2. The van der Waals surface area contributed by atoms with E-state index in [9.17, 15) is 14.4 Å². The first-order valence-electron chi connectivity index (χ1n) is 6.83. The lowest BCUT2D eigenvalue weighted by molar-refractivity contribution is -0.139. The first-order valence-corrected chi connectivity index (χ1v) is 6.83. The highest BCUT2D eigenvalue weighted by Gasteiger charge is 2.26. The van der Waals surface area contributed by atoms with E-state index in [1.807, 2.05) is 13.8 Å². The molecule has 3 amide bonds. The van der Waals surface area contributed by atoms with Gasteiger partial charge in [-0.2, -0.15) is 0 Å². The summed E-state index contributed by atoms with van der Waals surface area (Å²) >= 11 is 0. The Morgan fingerprint density at radius 1 is 1.45 bits per heavy atom. The average molecular weight is 285 g/mol. The molecule has 0 bridgehead atoms. The van der Waals surface area contributed by atoms with Crippen LogP contribution in [0.4, 0.5) is 4.79 Å². The van der Waals surface area contributed by atoms with E-state index in [0.29, 0.717) is 25.8 Å². The Hall–Kier alpha value is -1.79. The van der Waals surface area contributed by atoms with Gasteiger partial charge in [0.1, 0.15) is 6.04 Å². The number of hydrogen-bond acceptors (Lipinski definition) is 3. The Balaban J connectivity index is 2.45. The van der Waals surface area contributed by atoms with Crippen LogP contribution >= 0.6 is 0 Å². The summed E-state index contributed by atoms with van der Waals surface area (Å²) in [6, 6.07) is -1.52. The number of likely N-dealkylation sites (N-methyl/N-ethyl adjacent to an activating group) is 1. The van der Waals surface area contributed by atoms with Gasteiger partial charge in [-0.05, 0) is 18.8 Å². The maximum atomic E-state index is 11.8. The van der Waals surface area contributed by atoms with Gasteiger partial charge in [0.05, 0.1) is 0 Å². The second kappa shape index (κ2) is 7.12. The maximum Gasteiger partial charge on any atom is 0.326 e. The van der Waals surface area contributed by atoms with Crippen LogP contribution in [0.2, 0.25) is 0 Å². The van der Waals surface area contributed by atoms with Crippen molar-refractivity contribution in [3.63, 3.8) is 0 Å². The smallest absolute Gasteiger partial charge is 0.326 e. The predicted molar refractivity (Wildman–Crippen MR) is 73.2 cm³/mol. The van der Waals surface area contributed by atoms with Crippen LogP contribution in [0.5, 0.6) is 0 Å². The van der Waals surface area contributed by atoms with Crippen molar-refractivity contribution in [2.24, 2.45) is 5.92 Å². The normalized spacial score (nSPS) is 20.7. The third-order valence-electron chi connectivity index (χ3n) is 3.27. The standard InChI is InChI=1S/C13H23N3O4/c1-8(2)6-10(12(18)19)15-13(20)14-9-4-5-11(17)16(3)7-9/h8-10H,4-7H2,1-3H3,(H,18,19)(H2,14,15,20)/t9?,10-/m1/s1. The highest BCUT2D eigenvalue weighted by Crippen LogP contribution is 2.10. The van der Waals surface area contributed by atoms with E-state index in [0.717, 1.165) is 0 Å². The van der Waals surface area contributed by atoms with Gasteiger partial charge in [0.15, 0.2) is 0 Å². The van der Waals surface area contributed by atoms with E-state index in [2.05, 4.69) is 10.6 Å². The number of carboxylic acid groups (broad SMARTS) is 1. The van der Waals surface area contributed by atoms with E-state index in [4.69, 9.17) is 5.11 Å². The summed E-state index contributed by atoms with van der Waals surface area (Å²) in [5.74, 6) is -0.800. The van der Waals surface area contributed by atoms with E-state index in [-0.39, 0.29) is 17.9 Å². The number of hydrogen-bond donors (Lipinski definition) is 3. The van der Waals surface area contributed by atoms with Gasteiger partial charge in [-0.1, -0.05) is 13.8 Å². The van der Waals surface area contributed by atoms with Crippen molar-refractivity contribution >= 4 is 17.9 Å². The van der Waals surface area contributed by atoms with Crippen molar-refractivity contribution in [2.75, 3.05) is 13.6 Å². The van der Waals surface area contributed by atoms with E-state index >= 15 is 0 Å². The van der Waals surface area contributed by atoms with Gasteiger partial charge in [0.25, 0.3) is 0 Å². The molecule has 3 N–H and O–H groups in total. The first-order chi connectivity index (χ1) is 9.29. The third kappa shape index (κ3) is 5.07. The van der Waals surface area contributed by atoms with Crippen molar-refractivity contribution in [2.45, 2.75) is 45.2 Å². The minimum absolute atomic E-state index is 0.0617. The van der Waals surface area contributed by atoms with E-state index in [1.165, 1.54) is 0 Å². The van der Waals surface area contributed by atoms with Gasteiger partial charge >= 0.3 is 12.0 Å². The molecular formula is C13H23N3O4. The molecule has 0 aromatic rings. The molecule has 0 radical (unpaired) electrons. The fourth-order valence-electron chi connectivity index (χ4n) is 2.21. The van der Waals surface area contributed by atoms with Crippen molar-refractivity contribution in [3.8, 4) is 0 Å². The summed E-state index contributed by atoms with van der Waals surface area (Å²) in [5, 5.41) is 14.2. The minimum Gasteiger partial charge on any atom is -0.480 e. The summed E-state index contributed by atoms with van der Waals surface area (Å²) in [6.07, 6.45) is 1.36. The molecule has 114 valence electrons. The number of nitrogens with zero attached hydrogens (tertiary/aromatic N) is 1. The van der Waals surface area contributed by atoms with Crippen LogP contribution in [0.25, 0.3) is 0 Å². The lowest BCUT2D eigenvalue weighted by Gasteiger charge is -2.30. The molecule has 0 spiro atoms. The van der Waals surface area contributed by atoms with Gasteiger partial charge in [0, 0.05) is 26.1 Å². The Labute approximate surface area is 118 Å². The quantitative estimate of drug-likeness (QED) is 0.681. The molecule has 1 rings (SSSR count). The Morgan fingerprint density at radius 3 is 2.60 bits per heavy atom. The fourth-order valence-corrected chi connectivity index (χ4v) is 2.21. The van der Waals surface area contributed by atoms with Crippen LogP contribution in [0.3, 0.4) is 0 Å². The van der Waals surface area contributed by atoms with E-state index in [1.54, 1.807) is 11.9 Å². The number of carbonyl (C=O) groups is 3.